The zero-order valence-corrected chi connectivity index (χ0v) is 15.4. The number of likely N-dealkylation sites (N-methyl/N-ethyl adjacent to an activating group) is 1. The van der Waals surface area contributed by atoms with Crippen LogP contribution in [0.3, 0.4) is 0 Å². The van der Waals surface area contributed by atoms with Crippen molar-refractivity contribution in [2.24, 2.45) is 0 Å². The molecule has 1 aromatic heterocycles. The molecule has 3 heterocycles. The molecule has 4 rings (SSSR count). The number of hydrogen-bond donors (Lipinski definition) is 1. The van der Waals surface area contributed by atoms with Gasteiger partial charge in [-0.05, 0) is 28.1 Å². The molecular formula is C16H16BrClN4O2. The number of fused-ring (bicyclic) bond motifs is 5. The number of benzene rings is 1. The van der Waals surface area contributed by atoms with Crippen LogP contribution in [0, 0.1) is 0 Å². The average Bonchev–Trinajstić information content (AvgIpc) is 2.55. The molecule has 1 aromatic carbocycles. The van der Waals surface area contributed by atoms with E-state index in [2.05, 4.69) is 30.7 Å². The second-order valence-electron chi connectivity index (χ2n) is 6.23. The zero-order chi connectivity index (χ0) is 17.0. The molecule has 0 bridgehead atoms. The smallest absolute Gasteiger partial charge is 0.407 e. The third-order valence-electron chi connectivity index (χ3n) is 4.80. The lowest BCUT2D eigenvalue weighted by molar-refractivity contribution is 0.135. The molecule has 1 N–H and O–H groups in total. The number of carboxylic acid groups (broad SMARTS) is 1. The molecule has 6 nitrogen and oxygen atoms in total. The van der Waals surface area contributed by atoms with Crippen LogP contribution >= 0.6 is 27.5 Å². The van der Waals surface area contributed by atoms with E-state index in [1.807, 2.05) is 25.4 Å². The monoisotopic (exact) mass is 410 g/mol. The van der Waals surface area contributed by atoms with Gasteiger partial charge in [0.1, 0.15) is 0 Å². The number of carbonyl (C=O) groups is 1. The number of piperazine rings is 1. The largest absolute Gasteiger partial charge is 0.465 e. The van der Waals surface area contributed by atoms with Gasteiger partial charge in [0, 0.05) is 43.1 Å². The first-order chi connectivity index (χ1) is 11.5. The summed E-state index contributed by atoms with van der Waals surface area (Å²) in [5.41, 5.74) is 3.03. The maximum atomic E-state index is 11.3. The Morgan fingerprint density at radius 2 is 2.17 bits per heavy atom. The molecule has 0 saturated carbocycles. The van der Waals surface area contributed by atoms with Gasteiger partial charge in [0.2, 0.25) is 0 Å². The molecule has 2 aliphatic heterocycles. The maximum Gasteiger partial charge on any atom is 0.407 e. The van der Waals surface area contributed by atoms with Gasteiger partial charge in [-0.1, -0.05) is 11.6 Å². The summed E-state index contributed by atoms with van der Waals surface area (Å²) < 4.78 is 0.820. The molecule has 0 unspecified atom stereocenters. The Bertz CT molecular complexity index is 846. The van der Waals surface area contributed by atoms with Crippen molar-refractivity contribution < 1.29 is 9.90 Å². The molecule has 126 valence electrons. The first-order valence-electron chi connectivity index (χ1n) is 7.69. The van der Waals surface area contributed by atoms with E-state index in [9.17, 15) is 9.90 Å². The van der Waals surface area contributed by atoms with Crippen molar-refractivity contribution in [1.29, 1.82) is 0 Å². The zero-order valence-electron chi connectivity index (χ0n) is 13.0. The minimum Gasteiger partial charge on any atom is -0.465 e. The molecule has 0 aliphatic carbocycles. The van der Waals surface area contributed by atoms with Crippen LogP contribution in [-0.4, -0.2) is 60.4 Å². The summed E-state index contributed by atoms with van der Waals surface area (Å²) in [4.78, 5) is 21.8. The second-order valence-corrected chi connectivity index (χ2v) is 7.49. The van der Waals surface area contributed by atoms with Crippen LogP contribution in [0.15, 0.2) is 22.8 Å². The topological polar surface area (TPSA) is 59.9 Å². The Hall–Kier alpha value is -1.73. The third kappa shape index (κ3) is 2.38. The van der Waals surface area contributed by atoms with Crippen LogP contribution in [0.5, 0.6) is 0 Å². The fraction of sp³-hybridized carbons (Fsp3) is 0.375. The molecule has 1 fully saturated rings. The maximum absolute atomic E-state index is 11.3. The van der Waals surface area contributed by atoms with Crippen molar-refractivity contribution in [3.8, 4) is 0 Å². The van der Waals surface area contributed by atoms with E-state index in [-0.39, 0.29) is 6.04 Å². The van der Waals surface area contributed by atoms with Crippen molar-refractivity contribution >= 4 is 55.9 Å². The lowest BCUT2D eigenvalue weighted by Crippen LogP contribution is -2.60. The molecule has 8 heteroatoms. The number of anilines is 2. The molecule has 1 amide bonds. The molecular weight excluding hydrogens is 396 g/mol. The van der Waals surface area contributed by atoms with Gasteiger partial charge < -0.3 is 19.8 Å². The molecule has 24 heavy (non-hydrogen) atoms. The minimum absolute atomic E-state index is 0.125. The highest BCUT2D eigenvalue weighted by atomic mass is 79.9. The number of pyridine rings is 1. The van der Waals surface area contributed by atoms with E-state index in [0.29, 0.717) is 24.7 Å². The Morgan fingerprint density at radius 3 is 2.92 bits per heavy atom. The Balaban J connectivity index is 1.86. The van der Waals surface area contributed by atoms with E-state index < -0.39 is 6.09 Å². The average molecular weight is 412 g/mol. The van der Waals surface area contributed by atoms with Crippen molar-refractivity contribution in [1.82, 2.24) is 9.88 Å². The summed E-state index contributed by atoms with van der Waals surface area (Å²) in [5.74, 6) is 0. The van der Waals surface area contributed by atoms with Gasteiger partial charge in [0.25, 0.3) is 0 Å². The number of hydrogen-bond acceptors (Lipinski definition) is 4. The summed E-state index contributed by atoms with van der Waals surface area (Å²) in [6.07, 6.45) is 1.03. The van der Waals surface area contributed by atoms with Crippen LogP contribution < -0.4 is 9.80 Å². The van der Waals surface area contributed by atoms with E-state index in [1.54, 1.807) is 0 Å². The third-order valence-corrected chi connectivity index (χ3v) is 6.00. The van der Waals surface area contributed by atoms with Gasteiger partial charge >= 0.3 is 6.09 Å². The van der Waals surface area contributed by atoms with Crippen molar-refractivity contribution in [2.45, 2.75) is 6.04 Å². The molecule has 1 saturated heterocycles. The van der Waals surface area contributed by atoms with Gasteiger partial charge in [-0.25, -0.2) is 4.79 Å². The van der Waals surface area contributed by atoms with Gasteiger partial charge in [-0.15, -0.1) is 0 Å². The molecule has 0 spiro atoms. The van der Waals surface area contributed by atoms with E-state index in [4.69, 9.17) is 11.6 Å². The Morgan fingerprint density at radius 1 is 1.38 bits per heavy atom. The lowest BCUT2D eigenvalue weighted by atomic mass is 10.0. The Labute approximate surface area is 152 Å². The first-order valence-corrected chi connectivity index (χ1v) is 8.86. The predicted octanol–water partition coefficient (Wildman–Crippen LogP) is 3.27. The number of nitrogens with zero attached hydrogens (tertiary/aromatic N) is 4. The van der Waals surface area contributed by atoms with Crippen molar-refractivity contribution in [2.75, 3.05) is 43.0 Å². The van der Waals surface area contributed by atoms with Crippen LogP contribution in [0.2, 0.25) is 5.02 Å². The molecule has 0 radical (unpaired) electrons. The van der Waals surface area contributed by atoms with Crippen molar-refractivity contribution in [3.05, 3.63) is 27.8 Å². The standard InChI is InChI=1S/C16H16BrClN4O2/c1-20-7-9-8-21(16(23)24)2-3-22(9)15-10-4-12(18)11(17)5-13(10)19-6-14(15)20/h4-6,9H,2-3,7-8H2,1H3,(H,23,24)/t9-/m0/s1. The fourth-order valence-corrected chi connectivity index (χ4v) is 4.13. The second kappa shape index (κ2) is 5.67. The van der Waals surface area contributed by atoms with E-state index in [1.165, 1.54) is 4.90 Å². The molecule has 2 aromatic rings. The summed E-state index contributed by atoms with van der Waals surface area (Å²) in [6.45, 7) is 2.45. The molecule has 2 aliphatic rings. The van der Waals surface area contributed by atoms with Crippen LogP contribution in [0.4, 0.5) is 16.2 Å². The normalized spacial score (nSPS) is 20.1. The van der Waals surface area contributed by atoms with Crippen LogP contribution in [-0.2, 0) is 0 Å². The van der Waals surface area contributed by atoms with Crippen LogP contribution in [0.25, 0.3) is 10.9 Å². The number of amides is 1. The highest BCUT2D eigenvalue weighted by Crippen LogP contribution is 2.42. The number of halogens is 2. The number of rotatable bonds is 0. The quantitative estimate of drug-likeness (QED) is 0.721. The summed E-state index contributed by atoms with van der Waals surface area (Å²) in [5, 5.41) is 10.9. The predicted molar refractivity (Wildman–Crippen MR) is 98.5 cm³/mol. The highest BCUT2D eigenvalue weighted by Gasteiger charge is 2.36. The van der Waals surface area contributed by atoms with Gasteiger partial charge in [0.05, 0.1) is 34.2 Å². The minimum atomic E-state index is -0.852. The van der Waals surface area contributed by atoms with Crippen molar-refractivity contribution in [3.63, 3.8) is 0 Å². The van der Waals surface area contributed by atoms with Gasteiger partial charge in [0.15, 0.2) is 0 Å². The summed E-state index contributed by atoms with van der Waals surface area (Å²) in [6, 6.07) is 3.99. The SMILES string of the molecule is CN1C[C@H]2CN(C(=O)O)CCN2c2c1cnc1cc(Br)c(Cl)cc21. The fourth-order valence-electron chi connectivity index (χ4n) is 3.64. The number of aromatic nitrogens is 1. The van der Waals surface area contributed by atoms with Crippen LogP contribution in [0.1, 0.15) is 0 Å². The lowest BCUT2D eigenvalue weighted by Gasteiger charge is -2.48. The summed E-state index contributed by atoms with van der Waals surface area (Å²) >= 11 is 9.76. The first kappa shape index (κ1) is 15.8. The summed E-state index contributed by atoms with van der Waals surface area (Å²) in [7, 11) is 2.02. The van der Waals surface area contributed by atoms with E-state index in [0.717, 1.165) is 33.3 Å². The molecule has 1 atom stereocenters. The highest BCUT2D eigenvalue weighted by molar-refractivity contribution is 9.10. The van der Waals surface area contributed by atoms with Gasteiger partial charge in [-0.2, -0.15) is 0 Å². The van der Waals surface area contributed by atoms with Gasteiger partial charge in [-0.3, -0.25) is 4.98 Å². The van der Waals surface area contributed by atoms with E-state index >= 15 is 0 Å². The Kier molecular flexibility index (Phi) is 3.73.